The van der Waals surface area contributed by atoms with Crippen LogP contribution in [0.15, 0.2) is 28.2 Å². The number of rotatable bonds is 3. The van der Waals surface area contributed by atoms with Gasteiger partial charge in [0.1, 0.15) is 0 Å². The molecule has 0 saturated carbocycles. The average Bonchev–Trinajstić information content (AvgIpc) is 2.17. The quantitative estimate of drug-likeness (QED) is 0.688. The molecule has 0 unspecified atom stereocenters. The zero-order chi connectivity index (χ0) is 11.3. The van der Waals surface area contributed by atoms with E-state index in [-0.39, 0.29) is 0 Å². The molecule has 1 rings (SSSR count). The van der Waals surface area contributed by atoms with Gasteiger partial charge in [0.15, 0.2) is 0 Å². The smallest absolute Gasteiger partial charge is 0.0949 e. The first-order valence-corrected chi connectivity index (χ1v) is 5.35. The maximum atomic E-state index is 5.86. The molecule has 0 bridgehead atoms. The molecule has 15 heavy (non-hydrogen) atoms. The van der Waals surface area contributed by atoms with Gasteiger partial charge in [0.2, 0.25) is 0 Å². The van der Waals surface area contributed by atoms with Crippen LogP contribution in [0.4, 0.5) is 5.69 Å². The predicted octanol–water partition coefficient (Wildman–Crippen LogP) is 4.11. The molecule has 0 fully saturated rings. The largest absolute Gasteiger partial charge is 0.225 e. The molecule has 0 saturated heterocycles. The number of aryl methyl sites for hydroxylation is 1. The monoisotopic (exact) mass is 222 g/mol. The van der Waals surface area contributed by atoms with Gasteiger partial charge in [-0.2, -0.15) is 4.99 Å². The number of aliphatic imine (C=N–C) groups is 2. The zero-order valence-electron chi connectivity index (χ0n) is 9.29. The lowest BCUT2D eigenvalue weighted by atomic mass is 10.2. The van der Waals surface area contributed by atoms with Gasteiger partial charge in [0.05, 0.1) is 18.2 Å². The van der Waals surface area contributed by atoms with Crippen LogP contribution in [-0.4, -0.2) is 12.6 Å². The molecular weight excluding hydrogens is 208 g/mol. The Kier molecular flexibility index (Phi) is 4.54. The van der Waals surface area contributed by atoms with Crippen LogP contribution >= 0.6 is 11.6 Å². The summed E-state index contributed by atoms with van der Waals surface area (Å²) in [6.07, 6.45) is 0. The number of hydrogen-bond acceptors (Lipinski definition) is 2. The molecule has 3 heteroatoms. The normalized spacial score (nSPS) is 9.93. The van der Waals surface area contributed by atoms with Crippen molar-refractivity contribution in [3.63, 3.8) is 0 Å². The predicted molar refractivity (Wildman–Crippen MR) is 65.4 cm³/mol. The third-order valence-corrected chi connectivity index (χ3v) is 2.10. The van der Waals surface area contributed by atoms with Gasteiger partial charge < -0.3 is 0 Å². The molecule has 0 N–H and O–H groups in total. The van der Waals surface area contributed by atoms with Crippen molar-refractivity contribution in [1.29, 1.82) is 0 Å². The van der Waals surface area contributed by atoms with E-state index in [1.54, 1.807) is 0 Å². The summed E-state index contributed by atoms with van der Waals surface area (Å²) in [4.78, 5) is 8.21. The zero-order valence-corrected chi connectivity index (χ0v) is 10.0. The van der Waals surface area contributed by atoms with Crippen molar-refractivity contribution < 1.29 is 0 Å². The summed E-state index contributed by atoms with van der Waals surface area (Å²) in [5.74, 6) is 0.535. The van der Waals surface area contributed by atoms with Gasteiger partial charge in [0.25, 0.3) is 0 Å². The van der Waals surface area contributed by atoms with Crippen LogP contribution in [0.5, 0.6) is 0 Å². The lowest BCUT2D eigenvalue weighted by molar-refractivity contribution is 0.667. The van der Waals surface area contributed by atoms with Crippen LogP contribution in [0.3, 0.4) is 0 Å². The van der Waals surface area contributed by atoms with Gasteiger partial charge in [-0.25, -0.2) is 4.99 Å². The highest BCUT2D eigenvalue weighted by molar-refractivity contribution is 6.30. The molecule has 80 valence electrons. The van der Waals surface area contributed by atoms with Gasteiger partial charge in [-0.05, 0) is 30.5 Å². The molecular formula is C12H15ClN2. The molecule has 1 aromatic rings. The van der Waals surface area contributed by atoms with Crippen LogP contribution in [0.2, 0.25) is 5.02 Å². The second kappa shape index (κ2) is 5.69. The topological polar surface area (TPSA) is 24.7 Å². The lowest BCUT2D eigenvalue weighted by Gasteiger charge is -1.97. The maximum absolute atomic E-state index is 5.86. The van der Waals surface area contributed by atoms with Gasteiger partial charge in [-0.15, -0.1) is 0 Å². The van der Waals surface area contributed by atoms with E-state index < -0.39 is 0 Å². The molecule has 0 radical (unpaired) electrons. The van der Waals surface area contributed by atoms with E-state index >= 15 is 0 Å². The Morgan fingerprint density at radius 1 is 1.40 bits per heavy atom. The fourth-order valence-electron chi connectivity index (χ4n) is 1.02. The van der Waals surface area contributed by atoms with E-state index in [0.29, 0.717) is 10.9 Å². The minimum absolute atomic E-state index is 0.535. The summed E-state index contributed by atoms with van der Waals surface area (Å²) in [6, 6.07) is 8.29. The first kappa shape index (κ1) is 12.0. The molecule has 0 amide bonds. The first-order valence-electron chi connectivity index (χ1n) is 4.98. The molecule has 0 aliphatic heterocycles. The maximum Gasteiger partial charge on any atom is 0.0949 e. The minimum Gasteiger partial charge on any atom is -0.225 e. The summed E-state index contributed by atoms with van der Waals surface area (Å²) >= 11 is 5.86. The molecule has 0 spiro atoms. The Hall–Kier alpha value is -1.11. The van der Waals surface area contributed by atoms with Crippen molar-refractivity contribution in [2.75, 3.05) is 6.54 Å². The van der Waals surface area contributed by atoms with Crippen molar-refractivity contribution in [3.05, 3.63) is 28.8 Å². The Balaban J connectivity index is 2.79. The fourth-order valence-corrected chi connectivity index (χ4v) is 1.18. The minimum atomic E-state index is 0.535. The van der Waals surface area contributed by atoms with Crippen molar-refractivity contribution in [3.8, 4) is 0 Å². The van der Waals surface area contributed by atoms with Crippen molar-refractivity contribution in [2.24, 2.45) is 15.9 Å². The molecule has 0 atom stereocenters. The number of nitrogens with zero attached hydrogens (tertiary/aromatic N) is 2. The van der Waals surface area contributed by atoms with Gasteiger partial charge in [0, 0.05) is 5.02 Å². The number of benzene rings is 1. The van der Waals surface area contributed by atoms with E-state index in [2.05, 4.69) is 29.8 Å². The lowest BCUT2D eigenvalue weighted by Crippen LogP contribution is -1.89. The van der Waals surface area contributed by atoms with Crippen molar-refractivity contribution >= 4 is 23.3 Å². The highest BCUT2D eigenvalue weighted by Gasteiger charge is 1.95. The summed E-state index contributed by atoms with van der Waals surface area (Å²) < 4.78 is 0. The van der Waals surface area contributed by atoms with E-state index in [4.69, 9.17) is 11.6 Å². The summed E-state index contributed by atoms with van der Waals surface area (Å²) in [5.41, 5.74) is 1.90. The summed E-state index contributed by atoms with van der Waals surface area (Å²) in [5, 5.41) is 0.685. The van der Waals surface area contributed by atoms with Gasteiger partial charge in [-0.3, -0.25) is 0 Å². The Bertz CT molecular complexity index is 391. The first-order chi connectivity index (χ1) is 7.09. The average molecular weight is 223 g/mol. The molecule has 0 aliphatic rings. The van der Waals surface area contributed by atoms with Crippen LogP contribution in [-0.2, 0) is 0 Å². The van der Waals surface area contributed by atoms with Crippen molar-refractivity contribution in [1.82, 2.24) is 0 Å². The van der Waals surface area contributed by atoms with Crippen molar-refractivity contribution in [2.45, 2.75) is 20.8 Å². The van der Waals surface area contributed by atoms with E-state index in [0.717, 1.165) is 17.8 Å². The fraction of sp³-hybridized carbons (Fsp3) is 0.417. The Morgan fingerprint density at radius 3 is 2.80 bits per heavy atom. The van der Waals surface area contributed by atoms with Crippen LogP contribution in [0, 0.1) is 12.8 Å². The molecule has 0 aromatic heterocycles. The standard InChI is InChI=1S/C12H15ClN2/c1-9(2)7-14-8-15-12-6-11(13)5-4-10(12)3/h4-6,9H,7H2,1-3H3. The third kappa shape index (κ3) is 4.28. The van der Waals surface area contributed by atoms with E-state index in [1.165, 1.54) is 0 Å². The SMILES string of the molecule is Cc1ccc(Cl)cc1N=C=NCC(C)C. The third-order valence-electron chi connectivity index (χ3n) is 1.87. The highest BCUT2D eigenvalue weighted by Crippen LogP contribution is 2.22. The Labute approximate surface area is 95.7 Å². The van der Waals surface area contributed by atoms with E-state index in [1.807, 2.05) is 25.1 Å². The van der Waals surface area contributed by atoms with Crippen LogP contribution in [0.25, 0.3) is 0 Å². The highest BCUT2D eigenvalue weighted by atomic mass is 35.5. The summed E-state index contributed by atoms with van der Waals surface area (Å²) in [6.45, 7) is 6.95. The van der Waals surface area contributed by atoms with Gasteiger partial charge in [-0.1, -0.05) is 31.5 Å². The summed E-state index contributed by atoms with van der Waals surface area (Å²) in [7, 11) is 0. The van der Waals surface area contributed by atoms with Crippen LogP contribution in [0.1, 0.15) is 19.4 Å². The molecule has 2 nitrogen and oxygen atoms in total. The second-order valence-electron chi connectivity index (χ2n) is 3.88. The molecule has 0 heterocycles. The van der Waals surface area contributed by atoms with E-state index in [9.17, 15) is 0 Å². The molecule has 0 aliphatic carbocycles. The second-order valence-corrected chi connectivity index (χ2v) is 4.31. The molecule has 1 aromatic carbocycles. The van der Waals surface area contributed by atoms with Gasteiger partial charge >= 0.3 is 0 Å². The number of hydrogen-bond donors (Lipinski definition) is 0. The Morgan fingerprint density at radius 2 is 2.13 bits per heavy atom. The van der Waals surface area contributed by atoms with Crippen LogP contribution < -0.4 is 0 Å². The number of halogens is 1.